The van der Waals surface area contributed by atoms with Crippen molar-refractivity contribution < 1.29 is 0 Å². The third-order valence-electron chi connectivity index (χ3n) is 5.46. The van der Waals surface area contributed by atoms with Gasteiger partial charge in [0.25, 0.3) is 0 Å². The highest BCUT2D eigenvalue weighted by Crippen LogP contribution is 2.30. The van der Waals surface area contributed by atoms with Crippen molar-refractivity contribution in [2.75, 3.05) is 14.1 Å². The van der Waals surface area contributed by atoms with Gasteiger partial charge < -0.3 is 4.90 Å². The van der Waals surface area contributed by atoms with Gasteiger partial charge in [-0.25, -0.2) is 0 Å². The second-order valence-corrected chi connectivity index (χ2v) is 7.55. The van der Waals surface area contributed by atoms with Crippen molar-refractivity contribution in [1.82, 2.24) is 4.90 Å². The van der Waals surface area contributed by atoms with Crippen LogP contribution in [-0.4, -0.2) is 25.0 Å². The van der Waals surface area contributed by atoms with Crippen molar-refractivity contribution in [3.8, 4) is 0 Å². The van der Waals surface area contributed by atoms with Crippen LogP contribution in [0, 0.1) is 5.92 Å². The summed E-state index contributed by atoms with van der Waals surface area (Å²) in [6, 6.07) is 0.856. The second-order valence-electron chi connectivity index (χ2n) is 7.55. The molecule has 0 aromatic heterocycles. The lowest BCUT2D eigenvalue weighted by Gasteiger charge is -2.35. The molecule has 0 spiro atoms. The minimum absolute atomic E-state index is 0. The number of rotatable bonds is 12. The Morgan fingerprint density at radius 3 is 1.77 bits per heavy atom. The molecule has 1 nitrogen and oxygen atoms in total. The summed E-state index contributed by atoms with van der Waals surface area (Å²) in [6.07, 6.45) is 21.9. The highest BCUT2D eigenvalue weighted by molar-refractivity contribution is 5.85. The first-order valence-electron chi connectivity index (χ1n) is 9.92. The first-order valence-corrected chi connectivity index (χ1v) is 9.92. The fraction of sp³-hybridized carbons (Fsp3) is 1.00. The van der Waals surface area contributed by atoms with E-state index in [1.807, 2.05) is 0 Å². The molecule has 0 bridgehead atoms. The van der Waals surface area contributed by atoms with Gasteiger partial charge in [-0.2, -0.15) is 0 Å². The SMILES string of the molecule is CCCCCCCCCCCC(C1CCCCC1)N(C)C.Cl. The zero-order chi connectivity index (χ0) is 15.3. The molecule has 1 atom stereocenters. The van der Waals surface area contributed by atoms with Gasteiger partial charge in [0, 0.05) is 6.04 Å². The van der Waals surface area contributed by atoms with Crippen LogP contribution in [0.15, 0.2) is 0 Å². The summed E-state index contributed by atoms with van der Waals surface area (Å²) in [5.74, 6) is 0.989. The fourth-order valence-corrected chi connectivity index (χ4v) is 4.10. The molecule has 2 heteroatoms. The van der Waals surface area contributed by atoms with Crippen LogP contribution in [0.4, 0.5) is 0 Å². The van der Waals surface area contributed by atoms with E-state index in [2.05, 4.69) is 25.9 Å². The smallest absolute Gasteiger partial charge is 0.0117 e. The molecule has 1 aliphatic carbocycles. The van der Waals surface area contributed by atoms with Gasteiger partial charge in [-0.05, 0) is 39.3 Å². The summed E-state index contributed by atoms with van der Waals surface area (Å²) in [6.45, 7) is 2.30. The number of hydrogen-bond acceptors (Lipinski definition) is 1. The molecule has 0 N–H and O–H groups in total. The molecule has 0 amide bonds. The van der Waals surface area contributed by atoms with Gasteiger partial charge in [-0.1, -0.05) is 84.0 Å². The minimum Gasteiger partial charge on any atom is -0.306 e. The van der Waals surface area contributed by atoms with Crippen LogP contribution < -0.4 is 0 Å². The largest absolute Gasteiger partial charge is 0.306 e. The Labute approximate surface area is 147 Å². The molecule has 0 radical (unpaired) electrons. The zero-order valence-electron chi connectivity index (χ0n) is 15.6. The van der Waals surface area contributed by atoms with Gasteiger partial charge in [0.05, 0.1) is 0 Å². The van der Waals surface area contributed by atoms with E-state index in [4.69, 9.17) is 0 Å². The lowest BCUT2D eigenvalue weighted by molar-refractivity contribution is 0.157. The third-order valence-corrected chi connectivity index (χ3v) is 5.46. The minimum atomic E-state index is 0. The quantitative estimate of drug-likeness (QED) is 0.354. The van der Waals surface area contributed by atoms with Gasteiger partial charge in [0.2, 0.25) is 0 Å². The summed E-state index contributed by atoms with van der Waals surface area (Å²) >= 11 is 0. The van der Waals surface area contributed by atoms with E-state index in [9.17, 15) is 0 Å². The Morgan fingerprint density at radius 2 is 1.27 bits per heavy atom. The molecule has 1 unspecified atom stereocenters. The Morgan fingerprint density at radius 1 is 0.773 bits per heavy atom. The molecule has 1 fully saturated rings. The lowest BCUT2D eigenvalue weighted by atomic mass is 9.81. The molecule has 1 rings (SSSR count). The molecule has 22 heavy (non-hydrogen) atoms. The number of halogens is 1. The molecule has 0 heterocycles. The molecular formula is C20H42ClN. The number of unbranched alkanes of at least 4 members (excludes halogenated alkanes) is 8. The predicted molar refractivity (Wildman–Crippen MR) is 103 cm³/mol. The van der Waals surface area contributed by atoms with E-state index >= 15 is 0 Å². The van der Waals surface area contributed by atoms with Gasteiger partial charge in [-0.3, -0.25) is 0 Å². The average molecular weight is 332 g/mol. The maximum absolute atomic E-state index is 2.51. The summed E-state index contributed by atoms with van der Waals surface area (Å²) in [4.78, 5) is 2.51. The van der Waals surface area contributed by atoms with Crippen molar-refractivity contribution in [2.24, 2.45) is 5.92 Å². The van der Waals surface area contributed by atoms with E-state index in [1.54, 1.807) is 0 Å². The second kappa shape index (κ2) is 14.8. The summed E-state index contributed by atoms with van der Waals surface area (Å²) in [5.41, 5.74) is 0. The average Bonchev–Trinajstić information content (AvgIpc) is 2.50. The summed E-state index contributed by atoms with van der Waals surface area (Å²) < 4.78 is 0. The maximum atomic E-state index is 2.51. The monoisotopic (exact) mass is 331 g/mol. The predicted octanol–water partition coefficient (Wildman–Crippen LogP) is 6.84. The van der Waals surface area contributed by atoms with Crippen LogP contribution in [-0.2, 0) is 0 Å². The number of hydrogen-bond donors (Lipinski definition) is 0. The first kappa shape index (κ1) is 22.2. The molecule has 0 aromatic carbocycles. The third kappa shape index (κ3) is 10.1. The summed E-state index contributed by atoms with van der Waals surface area (Å²) in [5, 5.41) is 0. The topological polar surface area (TPSA) is 3.24 Å². The Bertz CT molecular complexity index is 224. The Kier molecular flexibility index (Phi) is 15.0. The van der Waals surface area contributed by atoms with Crippen molar-refractivity contribution >= 4 is 12.4 Å². The fourth-order valence-electron chi connectivity index (χ4n) is 4.10. The van der Waals surface area contributed by atoms with Crippen LogP contribution in [0.25, 0.3) is 0 Å². The molecule has 1 aliphatic rings. The van der Waals surface area contributed by atoms with Crippen LogP contribution in [0.5, 0.6) is 0 Å². The normalized spacial score (nSPS) is 17.5. The molecule has 0 aromatic rings. The van der Waals surface area contributed by atoms with Crippen molar-refractivity contribution in [3.05, 3.63) is 0 Å². The zero-order valence-corrected chi connectivity index (χ0v) is 16.4. The van der Waals surface area contributed by atoms with Crippen molar-refractivity contribution in [1.29, 1.82) is 0 Å². The molecule has 0 saturated heterocycles. The highest BCUT2D eigenvalue weighted by Gasteiger charge is 2.24. The maximum Gasteiger partial charge on any atom is 0.0117 e. The summed E-state index contributed by atoms with van der Waals surface area (Å²) in [7, 11) is 4.60. The van der Waals surface area contributed by atoms with Crippen LogP contribution in [0.1, 0.15) is 103 Å². The van der Waals surface area contributed by atoms with Gasteiger partial charge in [-0.15, -0.1) is 12.4 Å². The highest BCUT2D eigenvalue weighted by atomic mass is 35.5. The van der Waals surface area contributed by atoms with E-state index in [0.717, 1.165) is 12.0 Å². The number of nitrogens with zero attached hydrogens (tertiary/aromatic N) is 1. The standard InChI is InChI=1S/C20H41N.ClH/c1-4-5-6-7-8-9-10-11-15-18-20(21(2)3)19-16-13-12-14-17-19;/h19-20H,4-18H2,1-3H3;1H. The van der Waals surface area contributed by atoms with Gasteiger partial charge in [0.1, 0.15) is 0 Å². The Balaban J connectivity index is 0.00000441. The molecule has 1 saturated carbocycles. The first-order chi connectivity index (χ1) is 10.3. The van der Waals surface area contributed by atoms with E-state index in [1.165, 1.54) is 96.3 Å². The van der Waals surface area contributed by atoms with E-state index in [0.29, 0.717) is 0 Å². The van der Waals surface area contributed by atoms with Crippen molar-refractivity contribution in [3.63, 3.8) is 0 Å². The van der Waals surface area contributed by atoms with Gasteiger partial charge in [0.15, 0.2) is 0 Å². The lowest BCUT2D eigenvalue weighted by Crippen LogP contribution is -2.36. The van der Waals surface area contributed by atoms with Gasteiger partial charge >= 0.3 is 0 Å². The van der Waals surface area contributed by atoms with Crippen LogP contribution >= 0.6 is 12.4 Å². The van der Waals surface area contributed by atoms with Crippen molar-refractivity contribution in [2.45, 2.75) is 109 Å². The molecule has 0 aliphatic heterocycles. The Hall–Kier alpha value is 0.250. The van der Waals surface area contributed by atoms with Crippen LogP contribution in [0.2, 0.25) is 0 Å². The van der Waals surface area contributed by atoms with Crippen LogP contribution in [0.3, 0.4) is 0 Å². The molecule has 134 valence electrons. The molecular weight excluding hydrogens is 290 g/mol. The van der Waals surface area contributed by atoms with E-state index in [-0.39, 0.29) is 12.4 Å². The van der Waals surface area contributed by atoms with E-state index < -0.39 is 0 Å².